The molecule has 1 heterocycles. The molecule has 0 saturated heterocycles. The molecule has 0 spiro atoms. The minimum absolute atomic E-state index is 0.0622. The number of nitrogens with two attached hydrogens (primary N) is 1. The number of aryl methyl sites for hydroxylation is 1. The first-order chi connectivity index (χ1) is 11.1. The van der Waals surface area contributed by atoms with E-state index in [0.717, 1.165) is 25.7 Å². The molecule has 0 radical (unpaired) electrons. The molecule has 2 aromatic rings. The van der Waals surface area contributed by atoms with Gasteiger partial charge in [0.1, 0.15) is 6.26 Å². The normalized spacial score (nSPS) is 13.5. The van der Waals surface area contributed by atoms with Crippen molar-refractivity contribution in [1.29, 1.82) is 0 Å². The predicted octanol–water partition coefficient (Wildman–Crippen LogP) is 3.23. The molecule has 0 saturated carbocycles. The van der Waals surface area contributed by atoms with E-state index in [1.165, 1.54) is 11.8 Å². The van der Waals surface area contributed by atoms with Crippen molar-refractivity contribution >= 4 is 5.91 Å². The topological polar surface area (TPSA) is 81.1 Å². The highest BCUT2D eigenvalue weighted by molar-refractivity contribution is 5.92. The fraction of sp³-hybridized carbons (Fsp3) is 0.444. The number of carbonyl (C=O) groups excluding carboxylic acids is 1. The molecular weight excluding hydrogens is 290 g/mol. The Morgan fingerprint density at radius 2 is 2.04 bits per heavy atom. The first-order valence-electron chi connectivity index (χ1n) is 8.16. The Bertz CT molecular complexity index is 610. The number of amides is 1. The van der Waals surface area contributed by atoms with Gasteiger partial charge in [0.2, 0.25) is 5.89 Å². The number of rotatable bonds is 8. The van der Waals surface area contributed by atoms with E-state index in [9.17, 15) is 4.79 Å². The molecule has 0 fully saturated rings. The molecule has 1 amide bonds. The Morgan fingerprint density at radius 1 is 1.30 bits per heavy atom. The summed E-state index contributed by atoms with van der Waals surface area (Å²) >= 11 is 0. The summed E-state index contributed by atoms with van der Waals surface area (Å²) in [5, 5.41) is 2.95. The van der Waals surface area contributed by atoms with Gasteiger partial charge in [-0.25, -0.2) is 4.98 Å². The van der Waals surface area contributed by atoms with Crippen molar-refractivity contribution in [3.8, 4) is 0 Å². The Kier molecular flexibility index (Phi) is 6.35. The number of benzene rings is 1. The van der Waals surface area contributed by atoms with E-state index in [0.29, 0.717) is 5.89 Å². The molecule has 2 unspecified atom stereocenters. The first kappa shape index (κ1) is 17.2. The van der Waals surface area contributed by atoms with E-state index in [4.69, 9.17) is 10.2 Å². The fourth-order valence-electron chi connectivity index (χ4n) is 2.39. The summed E-state index contributed by atoms with van der Waals surface area (Å²) in [4.78, 5) is 16.4. The van der Waals surface area contributed by atoms with Crippen molar-refractivity contribution in [1.82, 2.24) is 10.3 Å². The third-order valence-electron chi connectivity index (χ3n) is 3.76. The third kappa shape index (κ3) is 5.21. The van der Waals surface area contributed by atoms with Crippen molar-refractivity contribution < 1.29 is 9.21 Å². The van der Waals surface area contributed by atoms with Crippen LogP contribution in [0.1, 0.15) is 61.1 Å². The van der Waals surface area contributed by atoms with E-state index in [1.807, 2.05) is 32.0 Å². The number of nitrogens with one attached hydrogen (secondary N) is 1. The zero-order valence-corrected chi connectivity index (χ0v) is 13.8. The van der Waals surface area contributed by atoms with Crippen LogP contribution >= 0.6 is 0 Å². The molecule has 124 valence electrons. The maximum atomic E-state index is 12.2. The van der Waals surface area contributed by atoms with Crippen LogP contribution in [0.5, 0.6) is 0 Å². The molecule has 5 heteroatoms. The lowest BCUT2D eigenvalue weighted by Crippen LogP contribution is -2.33. The summed E-state index contributed by atoms with van der Waals surface area (Å²) in [6.45, 7) is 4.04. The second-order valence-electron chi connectivity index (χ2n) is 5.86. The number of carbonyl (C=O) groups is 1. The summed E-state index contributed by atoms with van der Waals surface area (Å²) in [6, 6.07) is 10.0. The van der Waals surface area contributed by atoms with Gasteiger partial charge in [-0.2, -0.15) is 0 Å². The van der Waals surface area contributed by atoms with Gasteiger partial charge in [-0.1, -0.05) is 43.7 Å². The SMILES string of the molecule is CCCC(N)c1nc(C(=O)NC(C)CCc2ccccc2)co1. The molecular formula is C18H25N3O2. The van der Waals surface area contributed by atoms with Gasteiger partial charge >= 0.3 is 0 Å². The van der Waals surface area contributed by atoms with Gasteiger partial charge < -0.3 is 15.5 Å². The van der Waals surface area contributed by atoms with Crippen LogP contribution in [-0.2, 0) is 6.42 Å². The summed E-state index contributed by atoms with van der Waals surface area (Å²) in [6.07, 6.45) is 4.91. The fourth-order valence-corrected chi connectivity index (χ4v) is 2.39. The van der Waals surface area contributed by atoms with Crippen molar-refractivity contribution in [3.63, 3.8) is 0 Å². The zero-order chi connectivity index (χ0) is 16.7. The van der Waals surface area contributed by atoms with Crippen molar-refractivity contribution in [3.05, 3.63) is 53.7 Å². The van der Waals surface area contributed by atoms with E-state index >= 15 is 0 Å². The first-order valence-corrected chi connectivity index (χ1v) is 8.16. The van der Waals surface area contributed by atoms with Crippen molar-refractivity contribution in [2.45, 2.75) is 51.6 Å². The van der Waals surface area contributed by atoms with Crippen LogP contribution in [0, 0.1) is 0 Å². The highest BCUT2D eigenvalue weighted by Gasteiger charge is 2.17. The van der Waals surface area contributed by atoms with Gasteiger partial charge in [-0.05, 0) is 31.7 Å². The lowest BCUT2D eigenvalue weighted by Gasteiger charge is -2.12. The molecule has 1 aromatic carbocycles. The number of hydrogen-bond acceptors (Lipinski definition) is 4. The second kappa shape index (κ2) is 8.48. The van der Waals surface area contributed by atoms with Crippen LogP contribution < -0.4 is 11.1 Å². The van der Waals surface area contributed by atoms with Crippen LogP contribution in [0.3, 0.4) is 0 Å². The Morgan fingerprint density at radius 3 is 2.74 bits per heavy atom. The standard InChI is InChI=1S/C18H25N3O2/c1-3-7-15(19)18-21-16(12-23-18)17(22)20-13(2)10-11-14-8-5-4-6-9-14/h4-6,8-9,12-13,15H,3,7,10-11,19H2,1-2H3,(H,20,22). The smallest absolute Gasteiger partial charge is 0.273 e. The van der Waals surface area contributed by atoms with E-state index in [1.54, 1.807) is 0 Å². The van der Waals surface area contributed by atoms with Gasteiger partial charge in [-0.3, -0.25) is 4.79 Å². The number of oxazole rings is 1. The van der Waals surface area contributed by atoms with Crippen molar-refractivity contribution in [2.75, 3.05) is 0 Å². The van der Waals surface area contributed by atoms with Gasteiger partial charge in [0.15, 0.2) is 5.69 Å². The summed E-state index contributed by atoms with van der Waals surface area (Å²) in [5.74, 6) is 0.207. The summed E-state index contributed by atoms with van der Waals surface area (Å²) in [7, 11) is 0. The van der Waals surface area contributed by atoms with Gasteiger partial charge in [0, 0.05) is 6.04 Å². The summed E-state index contributed by atoms with van der Waals surface area (Å²) in [5.41, 5.74) is 7.50. The maximum Gasteiger partial charge on any atom is 0.273 e. The van der Waals surface area contributed by atoms with E-state index in [2.05, 4.69) is 22.4 Å². The average Bonchev–Trinajstić information content (AvgIpc) is 3.04. The highest BCUT2D eigenvalue weighted by atomic mass is 16.3. The summed E-state index contributed by atoms with van der Waals surface area (Å²) < 4.78 is 5.31. The van der Waals surface area contributed by atoms with Crippen LogP contribution in [0.2, 0.25) is 0 Å². The molecule has 3 N–H and O–H groups in total. The lowest BCUT2D eigenvalue weighted by atomic mass is 10.1. The Balaban J connectivity index is 1.83. The van der Waals surface area contributed by atoms with Crippen LogP contribution in [-0.4, -0.2) is 16.9 Å². The number of nitrogens with zero attached hydrogens (tertiary/aromatic N) is 1. The largest absolute Gasteiger partial charge is 0.446 e. The minimum Gasteiger partial charge on any atom is -0.446 e. The molecule has 1 aromatic heterocycles. The minimum atomic E-state index is -0.253. The maximum absolute atomic E-state index is 12.2. The number of hydrogen-bond donors (Lipinski definition) is 2. The lowest BCUT2D eigenvalue weighted by molar-refractivity contribution is 0.0933. The molecule has 2 atom stereocenters. The van der Waals surface area contributed by atoms with Gasteiger partial charge in [-0.15, -0.1) is 0 Å². The monoisotopic (exact) mass is 315 g/mol. The molecule has 2 rings (SSSR count). The van der Waals surface area contributed by atoms with Gasteiger partial charge in [0.25, 0.3) is 5.91 Å². The third-order valence-corrected chi connectivity index (χ3v) is 3.76. The predicted molar refractivity (Wildman–Crippen MR) is 90.0 cm³/mol. The average molecular weight is 315 g/mol. The zero-order valence-electron chi connectivity index (χ0n) is 13.8. The molecule has 0 aliphatic rings. The van der Waals surface area contributed by atoms with Crippen LogP contribution in [0.25, 0.3) is 0 Å². The molecule has 0 aliphatic carbocycles. The number of aromatic nitrogens is 1. The molecule has 0 aliphatic heterocycles. The van der Waals surface area contributed by atoms with E-state index < -0.39 is 0 Å². The molecule has 5 nitrogen and oxygen atoms in total. The van der Waals surface area contributed by atoms with E-state index in [-0.39, 0.29) is 23.7 Å². The highest BCUT2D eigenvalue weighted by Crippen LogP contribution is 2.15. The van der Waals surface area contributed by atoms with Gasteiger partial charge in [0.05, 0.1) is 6.04 Å². The molecule has 23 heavy (non-hydrogen) atoms. The second-order valence-corrected chi connectivity index (χ2v) is 5.86. The van der Waals surface area contributed by atoms with Crippen LogP contribution in [0.4, 0.5) is 0 Å². The Labute approximate surface area is 137 Å². The Hall–Kier alpha value is -2.14. The van der Waals surface area contributed by atoms with Crippen molar-refractivity contribution in [2.24, 2.45) is 5.73 Å². The quantitative estimate of drug-likeness (QED) is 0.783. The molecule has 0 bridgehead atoms. The van der Waals surface area contributed by atoms with Crippen LogP contribution in [0.15, 0.2) is 41.0 Å².